The predicted octanol–water partition coefficient (Wildman–Crippen LogP) is 2.54. The molecular formula is C12H13Cl2N3O. The Kier molecular flexibility index (Phi) is 4.47. The Bertz CT molecular complexity index is 498. The summed E-state index contributed by atoms with van der Waals surface area (Å²) in [7, 11) is 0. The van der Waals surface area contributed by atoms with Gasteiger partial charge in [0.25, 0.3) is 0 Å². The van der Waals surface area contributed by atoms with Gasteiger partial charge in [0.05, 0.1) is 28.9 Å². The number of aliphatic hydroxyl groups is 1. The predicted molar refractivity (Wildman–Crippen MR) is 73.8 cm³/mol. The van der Waals surface area contributed by atoms with Crippen LogP contribution in [0.2, 0.25) is 5.02 Å². The fourth-order valence-electron chi connectivity index (χ4n) is 1.46. The maximum Gasteiger partial charge on any atom is 0.0847 e. The quantitative estimate of drug-likeness (QED) is 0.830. The van der Waals surface area contributed by atoms with Crippen LogP contribution in [0.5, 0.6) is 0 Å². The van der Waals surface area contributed by atoms with E-state index < -0.39 is 6.10 Å². The molecule has 1 atom stereocenters. The van der Waals surface area contributed by atoms with Gasteiger partial charge in [0.1, 0.15) is 0 Å². The van der Waals surface area contributed by atoms with Gasteiger partial charge in [0.15, 0.2) is 0 Å². The van der Waals surface area contributed by atoms with Crippen molar-refractivity contribution < 1.29 is 5.11 Å². The summed E-state index contributed by atoms with van der Waals surface area (Å²) in [6.45, 7) is 0.427. The molecule has 6 heteroatoms. The van der Waals surface area contributed by atoms with Crippen molar-refractivity contribution in [1.29, 1.82) is 0 Å². The van der Waals surface area contributed by atoms with Crippen molar-refractivity contribution in [3.63, 3.8) is 0 Å². The number of benzene rings is 1. The SMILES string of the molecule is OC(CCl)CNc1ccc(-n2cc(Cl)cn2)cc1. The van der Waals surface area contributed by atoms with Gasteiger partial charge >= 0.3 is 0 Å². The van der Waals surface area contributed by atoms with E-state index in [9.17, 15) is 5.11 Å². The zero-order valence-corrected chi connectivity index (χ0v) is 11.1. The molecular weight excluding hydrogens is 273 g/mol. The van der Waals surface area contributed by atoms with Gasteiger partial charge in [-0.1, -0.05) is 11.6 Å². The average molecular weight is 286 g/mol. The molecule has 2 aromatic rings. The molecule has 1 heterocycles. The summed E-state index contributed by atoms with van der Waals surface area (Å²) in [5, 5.41) is 17.1. The lowest BCUT2D eigenvalue weighted by atomic mass is 10.2. The Labute approximate surface area is 115 Å². The molecule has 2 rings (SSSR count). The number of hydrogen-bond acceptors (Lipinski definition) is 3. The van der Waals surface area contributed by atoms with E-state index in [2.05, 4.69) is 10.4 Å². The number of aromatic nitrogens is 2. The Morgan fingerprint density at radius 3 is 2.61 bits per heavy atom. The second-order valence-electron chi connectivity index (χ2n) is 3.84. The van der Waals surface area contributed by atoms with Crippen LogP contribution in [0.3, 0.4) is 0 Å². The van der Waals surface area contributed by atoms with E-state index in [-0.39, 0.29) is 5.88 Å². The number of nitrogens with zero attached hydrogens (tertiary/aromatic N) is 2. The molecule has 0 saturated carbocycles. The van der Waals surface area contributed by atoms with Gasteiger partial charge in [-0.15, -0.1) is 11.6 Å². The highest BCUT2D eigenvalue weighted by Gasteiger charge is 2.02. The van der Waals surface area contributed by atoms with Crippen LogP contribution in [0, 0.1) is 0 Å². The first kappa shape index (κ1) is 13.2. The van der Waals surface area contributed by atoms with Crippen LogP contribution in [0.1, 0.15) is 0 Å². The van der Waals surface area contributed by atoms with Gasteiger partial charge in [-0.3, -0.25) is 0 Å². The van der Waals surface area contributed by atoms with Crippen molar-refractivity contribution in [3.05, 3.63) is 41.7 Å². The number of nitrogens with one attached hydrogen (secondary N) is 1. The molecule has 0 aliphatic heterocycles. The summed E-state index contributed by atoms with van der Waals surface area (Å²) < 4.78 is 1.69. The van der Waals surface area contributed by atoms with E-state index in [1.54, 1.807) is 17.1 Å². The minimum absolute atomic E-state index is 0.219. The van der Waals surface area contributed by atoms with Crippen LogP contribution < -0.4 is 5.32 Å². The first-order valence-corrected chi connectivity index (χ1v) is 6.39. The maximum absolute atomic E-state index is 9.33. The lowest BCUT2D eigenvalue weighted by Crippen LogP contribution is -2.20. The third-order valence-corrected chi connectivity index (χ3v) is 2.95. The lowest BCUT2D eigenvalue weighted by Gasteiger charge is -2.10. The topological polar surface area (TPSA) is 50.1 Å². The second-order valence-corrected chi connectivity index (χ2v) is 4.58. The molecule has 2 N–H and O–H groups in total. The fraction of sp³-hybridized carbons (Fsp3) is 0.250. The number of hydrogen-bond donors (Lipinski definition) is 2. The summed E-state index contributed by atoms with van der Waals surface area (Å²) in [5.74, 6) is 0.219. The van der Waals surface area contributed by atoms with Crippen LogP contribution in [0.4, 0.5) is 5.69 Å². The van der Waals surface area contributed by atoms with Gasteiger partial charge in [-0.25, -0.2) is 4.68 Å². The Balaban J connectivity index is 2.01. The summed E-state index contributed by atoms with van der Waals surface area (Å²) in [6, 6.07) is 7.65. The van der Waals surface area contributed by atoms with E-state index >= 15 is 0 Å². The fourth-order valence-corrected chi connectivity index (χ4v) is 1.71. The molecule has 0 aliphatic rings. The maximum atomic E-state index is 9.33. The Hall–Kier alpha value is -1.23. The average Bonchev–Trinajstić information content (AvgIpc) is 2.83. The van der Waals surface area contributed by atoms with Crippen molar-refractivity contribution in [2.75, 3.05) is 17.7 Å². The molecule has 96 valence electrons. The number of alkyl halides is 1. The standard InChI is InChI=1S/C12H13Cl2N3O/c13-5-12(18)7-15-10-1-3-11(4-2-10)17-8-9(14)6-16-17/h1-4,6,8,12,15,18H,5,7H2. The summed E-state index contributed by atoms with van der Waals surface area (Å²) in [4.78, 5) is 0. The van der Waals surface area contributed by atoms with E-state index in [1.807, 2.05) is 24.3 Å². The Morgan fingerprint density at radius 1 is 1.33 bits per heavy atom. The zero-order chi connectivity index (χ0) is 13.0. The van der Waals surface area contributed by atoms with Crippen LogP contribution in [0.25, 0.3) is 5.69 Å². The van der Waals surface area contributed by atoms with Crippen LogP contribution in [0.15, 0.2) is 36.7 Å². The van der Waals surface area contributed by atoms with Crippen molar-refractivity contribution >= 4 is 28.9 Å². The van der Waals surface area contributed by atoms with Crippen molar-refractivity contribution in [1.82, 2.24) is 9.78 Å². The summed E-state index contributed by atoms with van der Waals surface area (Å²) >= 11 is 11.3. The molecule has 0 amide bonds. The van der Waals surface area contributed by atoms with Gasteiger partial charge in [-0.05, 0) is 24.3 Å². The first-order valence-electron chi connectivity index (χ1n) is 5.47. The smallest absolute Gasteiger partial charge is 0.0847 e. The third-order valence-electron chi connectivity index (χ3n) is 2.40. The summed E-state index contributed by atoms with van der Waals surface area (Å²) in [5.41, 5.74) is 1.84. The van der Waals surface area contributed by atoms with Crippen LogP contribution >= 0.6 is 23.2 Å². The molecule has 4 nitrogen and oxygen atoms in total. The monoisotopic (exact) mass is 285 g/mol. The largest absolute Gasteiger partial charge is 0.390 e. The molecule has 1 aromatic heterocycles. The molecule has 1 unspecified atom stereocenters. The number of halogens is 2. The highest BCUT2D eigenvalue weighted by Crippen LogP contribution is 2.15. The number of anilines is 1. The molecule has 0 radical (unpaired) electrons. The van der Waals surface area contributed by atoms with Gasteiger partial charge in [0, 0.05) is 18.4 Å². The van der Waals surface area contributed by atoms with Crippen LogP contribution in [-0.2, 0) is 0 Å². The van der Waals surface area contributed by atoms with E-state index in [0.717, 1.165) is 11.4 Å². The highest BCUT2D eigenvalue weighted by atomic mass is 35.5. The molecule has 0 aliphatic carbocycles. The van der Waals surface area contributed by atoms with Crippen molar-refractivity contribution in [2.45, 2.75) is 6.10 Å². The molecule has 18 heavy (non-hydrogen) atoms. The molecule has 1 aromatic carbocycles. The molecule has 0 saturated heterocycles. The Morgan fingerprint density at radius 2 is 2.06 bits per heavy atom. The zero-order valence-electron chi connectivity index (χ0n) is 9.55. The normalized spacial score (nSPS) is 12.4. The summed E-state index contributed by atoms with van der Waals surface area (Å²) in [6.07, 6.45) is 2.78. The van der Waals surface area contributed by atoms with Gasteiger partial charge in [-0.2, -0.15) is 5.10 Å². The van der Waals surface area contributed by atoms with E-state index in [4.69, 9.17) is 23.2 Å². The second kappa shape index (κ2) is 6.09. The molecule has 0 spiro atoms. The lowest BCUT2D eigenvalue weighted by molar-refractivity contribution is 0.211. The number of rotatable bonds is 5. The number of aliphatic hydroxyl groups excluding tert-OH is 1. The highest BCUT2D eigenvalue weighted by molar-refractivity contribution is 6.30. The minimum atomic E-state index is -0.545. The molecule has 0 fully saturated rings. The minimum Gasteiger partial charge on any atom is -0.390 e. The van der Waals surface area contributed by atoms with E-state index in [0.29, 0.717) is 11.6 Å². The third kappa shape index (κ3) is 3.38. The van der Waals surface area contributed by atoms with E-state index in [1.165, 1.54) is 0 Å². The van der Waals surface area contributed by atoms with Gasteiger partial charge < -0.3 is 10.4 Å². The van der Waals surface area contributed by atoms with Crippen molar-refractivity contribution in [2.24, 2.45) is 0 Å². The van der Waals surface area contributed by atoms with Gasteiger partial charge in [0.2, 0.25) is 0 Å². The van der Waals surface area contributed by atoms with Crippen molar-refractivity contribution in [3.8, 4) is 5.69 Å². The van der Waals surface area contributed by atoms with Crippen LogP contribution in [-0.4, -0.2) is 33.4 Å². The molecule has 0 bridgehead atoms. The first-order chi connectivity index (χ1) is 8.69.